The quantitative estimate of drug-likeness (QED) is 0.764. The highest BCUT2D eigenvalue weighted by Gasteiger charge is 2.19. The topological polar surface area (TPSA) is 64.7 Å². The molecule has 0 unspecified atom stereocenters. The monoisotopic (exact) mass is 351 g/mol. The molecule has 1 N–H and O–H groups in total. The zero-order chi connectivity index (χ0) is 17.9. The second kappa shape index (κ2) is 7.32. The molecule has 0 bridgehead atoms. The minimum absolute atomic E-state index is 0.00173. The Hall–Kier alpha value is -2.63. The van der Waals surface area contributed by atoms with Gasteiger partial charge in [-0.25, -0.2) is 4.68 Å². The SMILES string of the molecule is C[C@H](Cn1ccc2ccccc21)NC(=O)c1cn(C2CCCCC2)nn1. The van der Waals surface area contributed by atoms with Crippen LogP contribution in [0.25, 0.3) is 10.9 Å². The van der Waals surface area contributed by atoms with Gasteiger partial charge >= 0.3 is 0 Å². The molecule has 1 saturated carbocycles. The molecule has 3 aromatic rings. The van der Waals surface area contributed by atoms with Crippen molar-refractivity contribution >= 4 is 16.8 Å². The fourth-order valence-electron chi connectivity index (χ4n) is 3.84. The molecule has 1 fully saturated rings. The normalized spacial score (nSPS) is 16.7. The molecule has 0 aliphatic heterocycles. The maximum Gasteiger partial charge on any atom is 0.273 e. The van der Waals surface area contributed by atoms with Gasteiger partial charge in [-0.05, 0) is 37.3 Å². The fraction of sp³-hybridized carbons (Fsp3) is 0.450. The van der Waals surface area contributed by atoms with Gasteiger partial charge in [0.2, 0.25) is 0 Å². The third-order valence-electron chi connectivity index (χ3n) is 5.22. The molecule has 0 radical (unpaired) electrons. The molecule has 0 saturated heterocycles. The van der Waals surface area contributed by atoms with E-state index in [0.717, 1.165) is 19.4 Å². The van der Waals surface area contributed by atoms with Crippen molar-refractivity contribution in [3.05, 3.63) is 48.4 Å². The van der Waals surface area contributed by atoms with E-state index in [0.29, 0.717) is 11.7 Å². The Kier molecular flexibility index (Phi) is 4.73. The van der Waals surface area contributed by atoms with Crippen LogP contribution in [0.4, 0.5) is 0 Å². The van der Waals surface area contributed by atoms with E-state index >= 15 is 0 Å². The van der Waals surface area contributed by atoms with E-state index in [2.05, 4.69) is 44.6 Å². The molecular weight excluding hydrogens is 326 g/mol. The Bertz CT molecular complexity index is 890. The predicted octanol–water partition coefficient (Wildman–Crippen LogP) is 3.56. The second-order valence-corrected chi connectivity index (χ2v) is 7.28. The van der Waals surface area contributed by atoms with Crippen LogP contribution in [-0.2, 0) is 6.54 Å². The highest BCUT2D eigenvalue weighted by atomic mass is 16.2. The maximum absolute atomic E-state index is 12.5. The number of fused-ring (bicyclic) bond motifs is 1. The molecule has 1 atom stereocenters. The van der Waals surface area contributed by atoms with Gasteiger partial charge < -0.3 is 9.88 Å². The van der Waals surface area contributed by atoms with Crippen LogP contribution in [-0.4, -0.2) is 31.5 Å². The first-order valence-electron chi connectivity index (χ1n) is 9.47. The van der Waals surface area contributed by atoms with Crippen LogP contribution in [0, 0.1) is 0 Å². The molecule has 1 amide bonds. The summed E-state index contributed by atoms with van der Waals surface area (Å²) in [6.07, 6.45) is 9.87. The van der Waals surface area contributed by atoms with Gasteiger partial charge in [0.1, 0.15) is 0 Å². The zero-order valence-electron chi connectivity index (χ0n) is 15.1. The standard InChI is InChI=1S/C20H25N5O/c1-15(13-24-12-11-16-7-5-6-10-19(16)24)21-20(26)18-14-25(23-22-18)17-8-3-2-4-9-17/h5-7,10-12,14-15,17H,2-4,8-9,13H2,1H3,(H,21,26)/t15-/m1/s1. The minimum Gasteiger partial charge on any atom is -0.346 e. The zero-order valence-corrected chi connectivity index (χ0v) is 15.1. The number of amides is 1. The number of nitrogens with one attached hydrogen (secondary N) is 1. The largest absolute Gasteiger partial charge is 0.346 e. The molecule has 2 heterocycles. The summed E-state index contributed by atoms with van der Waals surface area (Å²) < 4.78 is 4.04. The highest BCUT2D eigenvalue weighted by molar-refractivity contribution is 5.92. The number of benzene rings is 1. The van der Waals surface area contributed by atoms with Gasteiger partial charge in [0.25, 0.3) is 5.91 Å². The second-order valence-electron chi connectivity index (χ2n) is 7.28. The van der Waals surface area contributed by atoms with E-state index in [1.165, 1.54) is 30.2 Å². The molecule has 6 heteroatoms. The highest BCUT2D eigenvalue weighted by Crippen LogP contribution is 2.27. The minimum atomic E-state index is -0.156. The van der Waals surface area contributed by atoms with Crippen molar-refractivity contribution in [2.75, 3.05) is 0 Å². The van der Waals surface area contributed by atoms with Crippen LogP contribution in [0.15, 0.2) is 42.7 Å². The van der Waals surface area contributed by atoms with Gasteiger partial charge in [0.15, 0.2) is 5.69 Å². The molecule has 136 valence electrons. The first-order chi connectivity index (χ1) is 12.7. The summed E-state index contributed by atoms with van der Waals surface area (Å²) in [6, 6.07) is 10.7. The van der Waals surface area contributed by atoms with Crippen LogP contribution in [0.3, 0.4) is 0 Å². The number of rotatable bonds is 5. The molecule has 0 spiro atoms. The molecule has 1 aliphatic rings. The number of aromatic nitrogens is 4. The first-order valence-corrected chi connectivity index (χ1v) is 9.47. The summed E-state index contributed by atoms with van der Waals surface area (Å²) in [5.41, 5.74) is 1.58. The van der Waals surface area contributed by atoms with Crippen LogP contribution in [0.5, 0.6) is 0 Å². The third-order valence-corrected chi connectivity index (χ3v) is 5.22. The number of hydrogen-bond acceptors (Lipinski definition) is 3. The van der Waals surface area contributed by atoms with Crippen molar-refractivity contribution < 1.29 is 4.79 Å². The van der Waals surface area contributed by atoms with Crippen molar-refractivity contribution in [2.24, 2.45) is 0 Å². The van der Waals surface area contributed by atoms with Gasteiger partial charge in [-0.2, -0.15) is 0 Å². The Balaban J connectivity index is 1.39. The number of para-hydroxylation sites is 1. The van der Waals surface area contributed by atoms with E-state index in [9.17, 15) is 4.79 Å². The van der Waals surface area contributed by atoms with Gasteiger partial charge in [0.05, 0.1) is 12.2 Å². The van der Waals surface area contributed by atoms with Crippen LogP contribution >= 0.6 is 0 Å². The summed E-state index contributed by atoms with van der Waals surface area (Å²) in [6.45, 7) is 2.73. The van der Waals surface area contributed by atoms with Gasteiger partial charge in [0, 0.05) is 24.3 Å². The number of nitrogens with zero attached hydrogens (tertiary/aromatic N) is 4. The Labute approximate surface area is 153 Å². The molecule has 26 heavy (non-hydrogen) atoms. The lowest BCUT2D eigenvalue weighted by Gasteiger charge is -2.20. The van der Waals surface area contributed by atoms with Crippen molar-refractivity contribution in [3.63, 3.8) is 0 Å². The van der Waals surface area contributed by atoms with E-state index in [4.69, 9.17) is 0 Å². The summed E-state index contributed by atoms with van der Waals surface area (Å²) in [5.74, 6) is -0.156. The van der Waals surface area contributed by atoms with Crippen molar-refractivity contribution in [1.82, 2.24) is 24.9 Å². The van der Waals surface area contributed by atoms with Gasteiger partial charge in [-0.3, -0.25) is 4.79 Å². The van der Waals surface area contributed by atoms with Crippen molar-refractivity contribution in [3.8, 4) is 0 Å². The number of hydrogen-bond donors (Lipinski definition) is 1. The Morgan fingerprint density at radius 1 is 1.23 bits per heavy atom. The van der Waals surface area contributed by atoms with Crippen LogP contribution < -0.4 is 5.32 Å². The molecule has 4 rings (SSSR count). The molecular formula is C20H25N5O. The molecule has 1 aromatic carbocycles. The van der Waals surface area contributed by atoms with E-state index < -0.39 is 0 Å². The Morgan fingerprint density at radius 2 is 2.04 bits per heavy atom. The molecule has 1 aliphatic carbocycles. The lowest BCUT2D eigenvalue weighted by Crippen LogP contribution is -2.35. The van der Waals surface area contributed by atoms with E-state index in [1.807, 2.05) is 23.7 Å². The lowest BCUT2D eigenvalue weighted by molar-refractivity contribution is 0.0932. The predicted molar refractivity (Wildman–Crippen MR) is 101 cm³/mol. The van der Waals surface area contributed by atoms with Crippen LogP contribution in [0.2, 0.25) is 0 Å². The average molecular weight is 351 g/mol. The fourth-order valence-corrected chi connectivity index (χ4v) is 3.84. The van der Waals surface area contributed by atoms with Crippen LogP contribution in [0.1, 0.15) is 55.6 Å². The lowest BCUT2D eigenvalue weighted by atomic mass is 9.96. The molecule has 6 nitrogen and oxygen atoms in total. The Morgan fingerprint density at radius 3 is 2.88 bits per heavy atom. The maximum atomic E-state index is 12.5. The number of carbonyl (C=O) groups excluding carboxylic acids is 1. The van der Waals surface area contributed by atoms with E-state index in [1.54, 1.807) is 6.20 Å². The molecule has 2 aromatic heterocycles. The van der Waals surface area contributed by atoms with Crippen molar-refractivity contribution in [2.45, 2.75) is 57.7 Å². The summed E-state index contributed by atoms with van der Waals surface area (Å²) >= 11 is 0. The number of carbonyl (C=O) groups is 1. The summed E-state index contributed by atoms with van der Waals surface area (Å²) in [4.78, 5) is 12.5. The smallest absolute Gasteiger partial charge is 0.273 e. The average Bonchev–Trinajstić information content (AvgIpc) is 3.30. The summed E-state index contributed by atoms with van der Waals surface area (Å²) in [5, 5.41) is 12.5. The summed E-state index contributed by atoms with van der Waals surface area (Å²) in [7, 11) is 0. The van der Waals surface area contributed by atoms with Gasteiger partial charge in [-0.1, -0.05) is 42.7 Å². The van der Waals surface area contributed by atoms with Gasteiger partial charge in [-0.15, -0.1) is 5.10 Å². The first kappa shape index (κ1) is 16.8. The third kappa shape index (κ3) is 3.49. The van der Waals surface area contributed by atoms with Crippen molar-refractivity contribution in [1.29, 1.82) is 0 Å². The van der Waals surface area contributed by atoms with E-state index in [-0.39, 0.29) is 11.9 Å².